The Kier molecular flexibility index (Phi) is 5.88. The van der Waals surface area contributed by atoms with Gasteiger partial charge in [0.05, 0.1) is 6.54 Å². The van der Waals surface area contributed by atoms with E-state index in [1.54, 1.807) is 12.1 Å². The number of benzene rings is 1. The Morgan fingerprint density at radius 2 is 1.69 bits per heavy atom. The van der Waals surface area contributed by atoms with Gasteiger partial charge in [-0.3, -0.25) is 19.8 Å². The predicted molar refractivity (Wildman–Crippen MR) is 97.3 cm³/mol. The van der Waals surface area contributed by atoms with Crippen LogP contribution in [0.25, 0.3) is 0 Å². The van der Waals surface area contributed by atoms with Crippen molar-refractivity contribution in [3.8, 4) is 0 Å². The lowest BCUT2D eigenvalue weighted by atomic mass is 10.1. The lowest BCUT2D eigenvalue weighted by Crippen LogP contribution is -2.47. The van der Waals surface area contributed by atoms with Gasteiger partial charge in [0.25, 0.3) is 0 Å². The van der Waals surface area contributed by atoms with Gasteiger partial charge in [-0.25, -0.2) is 4.79 Å². The molecule has 3 rings (SSSR count). The van der Waals surface area contributed by atoms with Crippen LogP contribution in [0.4, 0.5) is 4.79 Å². The molecule has 26 heavy (non-hydrogen) atoms. The van der Waals surface area contributed by atoms with Crippen molar-refractivity contribution in [2.75, 3.05) is 6.54 Å². The molecule has 7 nitrogen and oxygen atoms in total. The van der Waals surface area contributed by atoms with E-state index in [0.717, 1.165) is 44.1 Å². The van der Waals surface area contributed by atoms with Crippen molar-refractivity contribution in [3.63, 3.8) is 0 Å². The van der Waals surface area contributed by atoms with E-state index in [9.17, 15) is 14.4 Å². The van der Waals surface area contributed by atoms with Crippen molar-refractivity contribution in [2.24, 2.45) is 5.73 Å². The molecule has 0 bridgehead atoms. The molecule has 7 heteroatoms. The van der Waals surface area contributed by atoms with E-state index in [4.69, 9.17) is 5.73 Å². The van der Waals surface area contributed by atoms with Crippen LogP contribution >= 0.6 is 0 Å². The van der Waals surface area contributed by atoms with Crippen LogP contribution < -0.4 is 16.4 Å². The Balaban J connectivity index is 1.50. The van der Waals surface area contributed by atoms with Crippen LogP contribution in [0.15, 0.2) is 24.3 Å². The summed E-state index contributed by atoms with van der Waals surface area (Å²) >= 11 is 0. The van der Waals surface area contributed by atoms with Gasteiger partial charge < -0.3 is 11.1 Å². The molecule has 0 spiro atoms. The molecule has 0 atom stereocenters. The molecule has 0 saturated heterocycles. The number of imide groups is 1. The van der Waals surface area contributed by atoms with Gasteiger partial charge in [0.1, 0.15) is 0 Å². The van der Waals surface area contributed by atoms with Gasteiger partial charge in [0.2, 0.25) is 11.8 Å². The number of hydrogen-bond donors (Lipinski definition) is 3. The van der Waals surface area contributed by atoms with E-state index in [1.807, 2.05) is 12.1 Å². The molecule has 2 fully saturated rings. The molecule has 0 heterocycles. The van der Waals surface area contributed by atoms with Crippen molar-refractivity contribution in [1.82, 2.24) is 15.5 Å². The van der Waals surface area contributed by atoms with Crippen LogP contribution in [-0.2, 0) is 11.3 Å². The summed E-state index contributed by atoms with van der Waals surface area (Å²) in [6, 6.07) is 7.24. The fourth-order valence-electron chi connectivity index (χ4n) is 3.40. The maximum Gasteiger partial charge on any atom is 0.321 e. The van der Waals surface area contributed by atoms with Crippen LogP contribution in [0.5, 0.6) is 0 Å². The number of urea groups is 1. The van der Waals surface area contributed by atoms with Crippen molar-refractivity contribution >= 4 is 17.8 Å². The maximum absolute atomic E-state index is 12.2. The maximum atomic E-state index is 12.2. The van der Waals surface area contributed by atoms with Crippen LogP contribution in [0.1, 0.15) is 54.4 Å². The highest BCUT2D eigenvalue weighted by Gasteiger charge is 2.30. The molecule has 4 N–H and O–H groups in total. The zero-order valence-electron chi connectivity index (χ0n) is 14.9. The predicted octanol–water partition coefficient (Wildman–Crippen LogP) is 1.52. The van der Waals surface area contributed by atoms with Gasteiger partial charge in [0, 0.05) is 24.2 Å². The average Bonchev–Trinajstić information content (AvgIpc) is 3.32. The quantitative estimate of drug-likeness (QED) is 0.687. The molecular formula is C19H26N4O3. The molecule has 1 aromatic rings. The number of nitrogens with two attached hydrogens (primary N) is 1. The van der Waals surface area contributed by atoms with Crippen LogP contribution in [0.3, 0.4) is 0 Å². The molecule has 2 aliphatic carbocycles. The third-order valence-corrected chi connectivity index (χ3v) is 4.98. The fraction of sp³-hybridized carbons (Fsp3) is 0.526. The van der Waals surface area contributed by atoms with Crippen molar-refractivity contribution in [1.29, 1.82) is 0 Å². The number of nitrogens with zero attached hydrogens (tertiary/aromatic N) is 1. The highest BCUT2D eigenvalue weighted by atomic mass is 16.2. The third kappa shape index (κ3) is 5.29. The van der Waals surface area contributed by atoms with Gasteiger partial charge in [0.15, 0.2) is 0 Å². The number of carbonyl (C=O) groups excluding carboxylic acids is 3. The zero-order chi connectivity index (χ0) is 18.5. The SMILES string of the molecule is NC(=O)c1ccc(CN(CC(=O)NC(=O)NC2CCCC2)C2CC2)cc1. The second-order valence-electron chi connectivity index (χ2n) is 7.20. The molecule has 2 aliphatic rings. The molecule has 0 radical (unpaired) electrons. The normalized spacial score (nSPS) is 17.3. The topological polar surface area (TPSA) is 105 Å². The number of nitrogens with one attached hydrogen (secondary N) is 2. The highest BCUT2D eigenvalue weighted by Crippen LogP contribution is 2.28. The average molecular weight is 358 g/mol. The minimum Gasteiger partial charge on any atom is -0.366 e. The number of rotatable bonds is 7. The smallest absolute Gasteiger partial charge is 0.321 e. The summed E-state index contributed by atoms with van der Waals surface area (Å²) < 4.78 is 0. The summed E-state index contributed by atoms with van der Waals surface area (Å²) in [5.41, 5.74) is 6.72. The zero-order valence-corrected chi connectivity index (χ0v) is 14.9. The summed E-state index contributed by atoms with van der Waals surface area (Å²) in [7, 11) is 0. The van der Waals surface area contributed by atoms with Gasteiger partial charge >= 0.3 is 6.03 Å². The molecule has 4 amide bonds. The van der Waals surface area contributed by atoms with Gasteiger partial charge in [-0.05, 0) is 43.4 Å². The molecule has 0 aliphatic heterocycles. The van der Waals surface area contributed by atoms with E-state index in [0.29, 0.717) is 18.2 Å². The lowest BCUT2D eigenvalue weighted by Gasteiger charge is -2.21. The molecule has 1 aromatic carbocycles. The van der Waals surface area contributed by atoms with Gasteiger partial charge in [-0.2, -0.15) is 0 Å². The van der Waals surface area contributed by atoms with E-state index in [-0.39, 0.29) is 18.5 Å². The van der Waals surface area contributed by atoms with Crippen molar-refractivity contribution in [3.05, 3.63) is 35.4 Å². The first-order valence-electron chi connectivity index (χ1n) is 9.24. The molecule has 0 unspecified atom stereocenters. The fourth-order valence-corrected chi connectivity index (χ4v) is 3.40. The van der Waals surface area contributed by atoms with Crippen molar-refractivity contribution < 1.29 is 14.4 Å². The van der Waals surface area contributed by atoms with Crippen LogP contribution in [0, 0.1) is 0 Å². The number of primary amides is 1. The number of carbonyl (C=O) groups is 3. The first-order valence-corrected chi connectivity index (χ1v) is 9.24. The molecule has 2 saturated carbocycles. The summed E-state index contributed by atoms with van der Waals surface area (Å²) in [5, 5.41) is 5.30. The largest absolute Gasteiger partial charge is 0.366 e. The Hall–Kier alpha value is -2.41. The second kappa shape index (κ2) is 8.31. The molecule has 0 aromatic heterocycles. The van der Waals surface area contributed by atoms with Crippen molar-refractivity contribution in [2.45, 2.75) is 57.2 Å². The van der Waals surface area contributed by atoms with E-state index >= 15 is 0 Å². The highest BCUT2D eigenvalue weighted by molar-refractivity contribution is 5.95. The number of amides is 4. The minimum absolute atomic E-state index is 0.181. The van der Waals surface area contributed by atoms with Crippen LogP contribution in [-0.4, -0.2) is 41.4 Å². The Labute approximate surface area is 153 Å². The second-order valence-corrected chi connectivity index (χ2v) is 7.20. The van der Waals surface area contributed by atoms with Crippen LogP contribution in [0.2, 0.25) is 0 Å². The summed E-state index contributed by atoms with van der Waals surface area (Å²) in [5.74, 6) is -0.746. The first kappa shape index (κ1) is 18.4. The summed E-state index contributed by atoms with van der Waals surface area (Å²) in [6.45, 7) is 0.779. The number of hydrogen-bond acceptors (Lipinski definition) is 4. The Morgan fingerprint density at radius 3 is 2.27 bits per heavy atom. The summed E-state index contributed by atoms with van der Waals surface area (Å²) in [4.78, 5) is 37.4. The molecule has 140 valence electrons. The Morgan fingerprint density at radius 1 is 1.04 bits per heavy atom. The third-order valence-electron chi connectivity index (χ3n) is 4.98. The first-order chi connectivity index (χ1) is 12.5. The standard InChI is InChI=1S/C19H26N4O3/c20-18(25)14-7-5-13(6-8-14)11-23(16-9-10-16)12-17(24)22-19(26)21-15-3-1-2-4-15/h5-8,15-16H,1-4,9-12H2,(H2,20,25)(H2,21,22,24,26). The summed E-state index contributed by atoms with van der Waals surface area (Å²) in [6.07, 6.45) is 6.34. The Bertz CT molecular complexity index is 664. The van der Waals surface area contributed by atoms with E-state index in [1.165, 1.54) is 0 Å². The van der Waals surface area contributed by atoms with E-state index < -0.39 is 11.9 Å². The van der Waals surface area contributed by atoms with E-state index in [2.05, 4.69) is 15.5 Å². The van der Waals surface area contributed by atoms with Gasteiger partial charge in [-0.15, -0.1) is 0 Å². The monoisotopic (exact) mass is 358 g/mol. The van der Waals surface area contributed by atoms with Gasteiger partial charge in [-0.1, -0.05) is 25.0 Å². The lowest BCUT2D eigenvalue weighted by molar-refractivity contribution is -0.121. The minimum atomic E-state index is -0.455. The molecular weight excluding hydrogens is 332 g/mol.